The summed E-state index contributed by atoms with van der Waals surface area (Å²) < 4.78 is 73.1. The Labute approximate surface area is 109 Å². The Morgan fingerprint density at radius 2 is 1.33 bits per heavy atom. The molecule has 0 spiro atoms. The van der Waals surface area contributed by atoms with Crippen molar-refractivity contribution in [1.29, 1.82) is 0 Å². The van der Waals surface area contributed by atoms with Gasteiger partial charge in [0.05, 0.1) is 6.54 Å². The van der Waals surface area contributed by atoms with Crippen LogP contribution >= 0.6 is 15.9 Å². The minimum absolute atomic E-state index is 0.136. The van der Waals surface area contributed by atoms with Crippen LogP contribution in [0.1, 0.15) is 0 Å². The van der Waals surface area contributed by atoms with E-state index in [2.05, 4.69) is 15.9 Å². The van der Waals surface area contributed by atoms with E-state index in [1.165, 1.54) is 9.80 Å². The van der Waals surface area contributed by atoms with Crippen LogP contribution in [0.2, 0.25) is 0 Å². The first-order valence-corrected chi connectivity index (χ1v) is 6.22. The summed E-state index contributed by atoms with van der Waals surface area (Å²) in [4.78, 5) is 1.08. The van der Waals surface area contributed by atoms with E-state index in [0.717, 1.165) is 0 Å². The van der Waals surface area contributed by atoms with E-state index in [1.54, 1.807) is 0 Å². The third kappa shape index (κ3) is 5.75. The Morgan fingerprint density at radius 1 is 0.889 bits per heavy atom. The van der Waals surface area contributed by atoms with Gasteiger partial charge in [0.2, 0.25) is 0 Å². The maximum absolute atomic E-state index is 12.3. The van der Waals surface area contributed by atoms with Crippen molar-refractivity contribution < 1.29 is 26.3 Å². The summed E-state index contributed by atoms with van der Waals surface area (Å²) in [5, 5.41) is 0. The summed E-state index contributed by atoms with van der Waals surface area (Å²) in [5.74, 6) is 0. The van der Waals surface area contributed by atoms with E-state index < -0.39 is 23.7 Å². The minimum atomic E-state index is -4.33. The van der Waals surface area contributed by atoms with Crippen LogP contribution in [0.5, 0.6) is 0 Å². The number of rotatable bonds is 3. The van der Waals surface area contributed by atoms with E-state index in [1.807, 2.05) is 0 Å². The van der Waals surface area contributed by atoms with Crippen molar-refractivity contribution in [3.8, 4) is 0 Å². The molecule has 1 fully saturated rings. The van der Waals surface area contributed by atoms with Crippen LogP contribution in [0, 0.1) is 0 Å². The molecule has 0 radical (unpaired) electrons. The van der Waals surface area contributed by atoms with Gasteiger partial charge in [0, 0.05) is 32.7 Å². The van der Waals surface area contributed by atoms with Crippen molar-refractivity contribution in [2.45, 2.75) is 17.2 Å². The highest BCUT2D eigenvalue weighted by Gasteiger charge is 2.39. The fourth-order valence-corrected chi connectivity index (χ4v) is 2.12. The second kappa shape index (κ2) is 5.96. The van der Waals surface area contributed by atoms with Crippen molar-refractivity contribution in [1.82, 2.24) is 9.80 Å². The van der Waals surface area contributed by atoms with Gasteiger partial charge in [-0.15, -0.1) is 0 Å². The molecule has 1 aliphatic heterocycles. The maximum Gasteiger partial charge on any atom is 0.402 e. The van der Waals surface area contributed by atoms with Crippen LogP contribution in [0.15, 0.2) is 0 Å². The molecule has 0 aromatic carbocycles. The molecular formula is C9H13BrF6N2. The number of piperazine rings is 1. The van der Waals surface area contributed by atoms with Crippen molar-refractivity contribution in [3.63, 3.8) is 0 Å². The van der Waals surface area contributed by atoms with E-state index >= 15 is 0 Å². The predicted molar refractivity (Wildman–Crippen MR) is 57.7 cm³/mol. The van der Waals surface area contributed by atoms with Crippen molar-refractivity contribution >= 4 is 15.9 Å². The molecule has 18 heavy (non-hydrogen) atoms. The van der Waals surface area contributed by atoms with Crippen molar-refractivity contribution in [3.05, 3.63) is 0 Å². The van der Waals surface area contributed by atoms with Crippen LogP contribution in [-0.2, 0) is 0 Å². The normalized spacial score (nSPS) is 22.2. The third-order valence-corrected chi connectivity index (χ3v) is 3.45. The summed E-state index contributed by atoms with van der Waals surface area (Å²) in [7, 11) is 0. The van der Waals surface area contributed by atoms with Gasteiger partial charge in [-0.1, -0.05) is 15.9 Å². The van der Waals surface area contributed by atoms with Crippen LogP contribution in [0.25, 0.3) is 0 Å². The minimum Gasteiger partial charge on any atom is -0.299 e. The average Bonchev–Trinajstić information content (AvgIpc) is 2.17. The Balaban J connectivity index is 2.32. The number of nitrogens with zero attached hydrogens (tertiary/aromatic N) is 2. The lowest BCUT2D eigenvalue weighted by molar-refractivity contribution is -0.150. The predicted octanol–water partition coefficient (Wildman–Crippen LogP) is 2.49. The van der Waals surface area contributed by atoms with E-state index in [9.17, 15) is 26.3 Å². The van der Waals surface area contributed by atoms with Gasteiger partial charge in [-0.3, -0.25) is 9.80 Å². The third-order valence-electron chi connectivity index (χ3n) is 2.64. The van der Waals surface area contributed by atoms with Crippen molar-refractivity contribution in [2.24, 2.45) is 0 Å². The lowest BCUT2D eigenvalue weighted by Crippen LogP contribution is -2.51. The molecule has 9 heteroatoms. The first kappa shape index (κ1) is 16.0. The second-order valence-electron chi connectivity index (χ2n) is 4.20. The van der Waals surface area contributed by atoms with Crippen LogP contribution in [0.3, 0.4) is 0 Å². The molecule has 0 N–H and O–H groups in total. The number of hydrogen-bond acceptors (Lipinski definition) is 2. The summed E-state index contributed by atoms with van der Waals surface area (Å²) in [5.41, 5.74) is 0. The number of halogens is 7. The first-order valence-electron chi connectivity index (χ1n) is 5.30. The molecule has 0 bridgehead atoms. The zero-order valence-corrected chi connectivity index (χ0v) is 10.9. The second-order valence-corrected chi connectivity index (χ2v) is 5.31. The van der Waals surface area contributed by atoms with E-state index in [-0.39, 0.29) is 32.7 Å². The lowest BCUT2D eigenvalue weighted by Gasteiger charge is -2.36. The molecule has 0 aromatic rings. The highest BCUT2D eigenvalue weighted by molar-refractivity contribution is 9.09. The summed E-state index contributed by atoms with van der Waals surface area (Å²) >= 11 is 2.54. The monoisotopic (exact) mass is 342 g/mol. The fraction of sp³-hybridized carbons (Fsp3) is 1.00. The summed E-state index contributed by atoms with van der Waals surface area (Å²) in [6.07, 6.45) is -8.59. The SMILES string of the molecule is FC(F)(F)CN1CCN(CC(Br)C(F)(F)F)CC1. The zero-order valence-electron chi connectivity index (χ0n) is 9.36. The lowest BCUT2D eigenvalue weighted by atomic mass is 10.3. The molecule has 0 saturated carbocycles. The Hall–Kier alpha value is -0.0200. The van der Waals surface area contributed by atoms with Gasteiger partial charge >= 0.3 is 12.4 Å². The standard InChI is InChI=1S/C9H13BrF6N2/c10-7(9(14,15)16)5-17-1-3-18(4-2-17)6-8(11,12)13/h7H,1-6H2. The molecular weight excluding hydrogens is 330 g/mol. The molecule has 2 nitrogen and oxygen atoms in total. The molecule has 1 unspecified atom stereocenters. The zero-order chi connectivity index (χ0) is 14.0. The van der Waals surface area contributed by atoms with Crippen LogP contribution in [0.4, 0.5) is 26.3 Å². The van der Waals surface area contributed by atoms with Gasteiger partial charge in [-0.05, 0) is 0 Å². The smallest absolute Gasteiger partial charge is 0.299 e. The molecule has 0 aromatic heterocycles. The van der Waals surface area contributed by atoms with Gasteiger partial charge in [-0.25, -0.2) is 0 Å². The molecule has 1 heterocycles. The topological polar surface area (TPSA) is 6.48 Å². The Morgan fingerprint density at radius 3 is 1.72 bits per heavy atom. The summed E-state index contributed by atoms with van der Waals surface area (Å²) in [6, 6.07) is 0. The van der Waals surface area contributed by atoms with Gasteiger partial charge in [0.15, 0.2) is 0 Å². The number of alkyl halides is 7. The average molecular weight is 343 g/mol. The molecule has 1 saturated heterocycles. The van der Waals surface area contributed by atoms with Gasteiger partial charge in [-0.2, -0.15) is 26.3 Å². The molecule has 1 atom stereocenters. The van der Waals surface area contributed by atoms with Gasteiger partial charge in [0.25, 0.3) is 0 Å². The highest BCUT2D eigenvalue weighted by Crippen LogP contribution is 2.27. The molecule has 1 rings (SSSR count). The van der Waals surface area contributed by atoms with Crippen LogP contribution in [-0.4, -0.2) is 66.2 Å². The molecule has 0 aliphatic carbocycles. The van der Waals surface area contributed by atoms with E-state index in [0.29, 0.717) is 0 Å². The van der Waals surface area contributed by atoms with Gasteiger partial charge in [0.1, 0.15) is 4.83 Å². The Kier molecular flexibility index (Phi) is 5.31. The largest absolute Gasteiger partial charge is 0.402 e. The number of hydrogen-bond donors (Lipinski definition) is 0. The quantitative estimate of drug-likeness (QED) is 0.574. The highest BCUT2D eigenvalue weighted by atomic mass is 79.9. The first-order chi connectivity index (χ1) is 8.08. The fourth-order valence-electron chi connectivity index (χ4n) is 1.71. The van der Waals surface area contributed by atoms with Crippen LogP contribution < -0.4 is 0 Å². The van der Waals surface area contributed by atoms with Crippen molar-refractivity contribution in [2.75, 3.05) is 39.3 Å². The maximum atomic E-state index is 12.3. The Bertz CT molecular complexity index is 259. The molecule has 0 amide bonds. The van der Waals surface area contributed by atoms with Gasteiger partial charge < -0.3 is 0 Å². The van der Waals surface area contributed by atoms with E-state index in [4.69, 9.17) is 0 Å². The summed E-state index contributed by atoms with van der Waals surface area (Å²) in [6.45, 7) is -0.530. The molecule has 108 valence electrons. The molecule has 1 aliphatic rings.